The van der Waals surface area contributed by atoms with Crippen LogP contribution in [0.1, 0.15) is 57.2 Å². The van der Waals surface area contributed by atoms with Crippen LogP contribution < -0.4 is 0 Å². The first-order valence-corrected chi connectivity index (χ1v) is 12.2. The van der Waals surface area contributed by atoms with Gasteiger partial charge < -0.3 is 5.11 Å². The van der Waals surface area contributed by atoms with Crippen molar-refractivity contribution in [3.05, 3.63) is 59.9 Å². The molecule has 3 heteroatoms. The molecular formula is C28H34N2O. The summed E-state index contributed by atoms with van der Waals surface area (Å²) in [6, 6.07) is 10.3. The Bertz CT molecular complexity index is 1030. The number of benzene rings is 1. The summed E-state index contributed by atoms with van der Waals surface area (Å²) < 4.78 is 0. The van der Waals surface area contributed by atoms with Gasteiger partial charge in [-0.2, -0.15) is 0 Å². The Morgan fingerprint density at radius 1 is 1.10 bits per heavy atom. The maximum absolute atomic E-state index is 11.4. The van der Waals surface area contributed by atoms with Gasteiger partial charge in [-0.15, -0.1) is 0 Å². The van der Waals surface area contributed by atoms with Crippen molar-refractivity contribution in [3.8, 4) is 11.4 Å². The van der Waals surface area contributed by atoms with E-state index in [2.05, 4.69) is 38.8 Å². The van der Waals surface area contributed by atoms with Crippen LogP contribution in [0.3, 0.4) is 0 Å². The van der Waals surface area contributed by atoms with E-state index in [1.165, 1.54) is 36.1 Å². The van der Waals surface area contributed by atoms with Crippen LogP contribution in [0.4, 0.5) is 0 Å². The molecule has 6 rings (SSSR count). The normalized spacial score (nSPS) is 41.1. The van der Waals surface area contributed by atoms with Gasteiger partial charge in [-0.25, -0.2) is 9.97 Å². The average Bonchev–Trinajstić information content (AvgIpc) is 3.08. The van der Waals surface area contributed by atoms with Gasteiger partial charge in [0.1, 0.15) is 0 Å². The maximum Gasteiger partial charge on any atom is 0.159 e. The summed E-state index contributed by atoms with van der Waals surface area (Å²) in [7, 11) is 0. The molecule has 1 heterocycles. The van der Waals surface area contributed by atoms with Crippen molar-refractivity contribution in [3.63, 3.8) is 0 Å². The van der Waals surface area contributed by atoms with Crippen molar-refractivity contribution in [2.24, 2.45) is 34.5 Å². The second-order valence-corrected chi connectivity index (χ2v) is 11.3. The van der Waals surface area contributed by atoms with Crippen LogP contribution in [-0.2, 0) is 12.8 Å². The number of rotatable bonds is 1. The number of nitrogens with zero attached hydrogens (tertiary/aromatic N) is 2. The molecule has 4 aliphatic rings. The van der Waals surface area contributed by atoms with Gasteiger partial charge in [0.25, 0.3) is 0 Å². The van der Waals surface area contributed by atoms with Crippen LogP contribution in [0.5, 0.6) is 0 Å². The maximum atomic E-state index is 11.4. The van der Waals surface area contributed by atoms with E-state index in [9.17, 15) is 5.11 Å². The SMILES string of the molecule is C=C1CCC2C3C(O)CC4Cc5nc(-c6ccccc6)ncc5CC4(C)C3CCC12C. The summed E-state index contributed by atoms with van der Waals surface area (Å²) >= 11 is 0. The van der Waals surface area contributed by atoms with Crippen LogP contribution in [-0.4, -0.2) is 21.2 Å². The third-order valence-corrected chi connectivity index (χ3v) is 10.0. The number of hydrogen-bond acceptors (Lipinski definition) is 3. The third kappa shape index (κ3) is 2.75. The first-order valence-electron chi connectivity index (χ1n) is 12.2. The zero-order chi connectivity index (χ0) is 21.4. The summed E-state index contributed by atoms with van der Waals surface area (Å²) in [5.74, 6) is 2.95. The lowest BCUT2D eigenvalue weighted by molar-refractivity contribution is -0.144. The van der Waals surface area contributed by atoms with Gasteiger partial charge in [-0.1, -0.05) is 56.3 Å². The van der Waals surface area contributed by atoms with E-state index in [1.54, 1.807) is 0 Å². The molecule has 3 nitrogen and oxygen atoms in total. The quantitative estimate of drug-likeness (QED) is 0.615. The number of aliphatic hydroxyl groups excluding tert-OH is 1. The molecule has 3 saturated carbocycles. The van der Waals surface area contributed by atoms with Crippen LogP contribution in [0.2, 0.25) is 0 Å². The van der Waals surface area contributed by atoms with E-state index >= 15 is 0 Å². The number of aliphatic hydroxyl groups is 1. The highest BCUT2D eigenvalue weighted by atomic mass is 16.3. The van der Waals surface area contributed by atoms with Crippen molar-refractivity contribution in [1.82, 2.24) is 9.97 Å². The van der Waals surface area contributed by atoms with Crippen molar-refractivity contribution in [2.45, 2.75) is 64.9 Å². The van der Waals surface area contributed by atoms with Gasteiger partial charge in [-0.05, 0) is 85.0 Å². The van der Waals surface area contributed by atoms with Gasteiger partial charge in [0.15, 0.2) is 5.82 Å². The molecule has 7 atom stereocenters. The lowest BCUT2D eigenvalue weighted by Gasteiger charge is -2.61. The van der Waals surface area contributed by atoms with E-state index in [4.69, 9.17) is 9.97 Å². The van der Waals surface area contributed by atoms with Crippen molar-refractivity contribution < 1.29 is 5.11 Å². The van der Waals surface area contributed by atoms with Crippen LogP contribution in [0, 0.1) is 34.5 Å². The molecule has 3 fully saturated rings. The van der Waals surface area contributed by atoms with E-state index in [1.807, 2.05) is 18.2 Å². The van der Waals surface area contributed by atoms with Gasteiger partial charge in [0.2, 0.25) is 0 Å². The minimum Gasteiger partial charge on any atom is -0.393 e. The van der Waals surface area contributed by atoms with Gasteiger partial charge in [-0.3, -0.25) is 0 Å². The molecule has 0 saturated heterocycles. The molecule has 0 bridgehead atoms. The lowest BCUT2D eigenvalue weighted by Crippen LogP contribution is -2.58. The van der Waals surface area contributed by atoms with Gasteiger partial charge in [0.05, 0.1) is 6.10 Å². The van der Waals surface area contributed by atoms with Crippen molar-refractivity contribution >= 4 is 0 Å². The zero-order valence-electron chi connectivity index (χ0n) is 18.8. The molecule has 2 aromatic rings. The number of fused-ring (bicyclic) bond motifs is 6. The summed E-state index contributed by atoms with van der Waals surface area (Å²) in [5, 5.41) is 11.4. The molecule has 1 aromatic heterocycles. The monoisotopic (exact) mass is 414 g/mol. The summed E-state index contributed by atoms with van der Waals surface area (Å²) in [4.78, 5) is 9.76. The highest BCUT2D eigenvalue weighted by Crippen LogP contribution is 2.66. The Kier molecular flexibility index (Phi) is 4.28. The zero-order valence-corrected chi connectivity index (χ0v) is 18.8. The van der Waals surface area contributed by atoms with Crippen LogP contribution in [0.25, 0.3) is 11.4 Å². The fourth-order valence-electron chi connectivity index (χ4n) is 8.16. The Labute approximate surface area is 186 Å². The fraction of sp³-hybridized carbons (Fsp3) is 0.571. The molecule has 0 aliphatic heterocycles. The molecule has 7 unspecified atom stereocenters. The molecule has 0 radical (unpaired) electrons. The van der Waals surface area contributed by atoms with Crippen LogP contribution >= 0.6 is 0 Å². The molecule has 1 aromatic carbocycles. The van der Waals surface area contributed by atoms with Gasteiger partial charge in [0, 0.05) is 17.5 Å². The minimum absolute atomic E-state index is 0.185. The molecule has 4 aliphatic carbocycles. The third-order valence-electron chi connectivity index (χ3n) is 10.0. The van der Waals surface area contributed by atoms with Crippen molar-refractivity contribution in [1.29, 1.82) is 0 Å². The molecular weight excluding hydrogens is 380 g/mol. The van der Waals surface area contributed by atoms with Crippen molar-refractivity contribution in [2.75, 3.05) is 0 Å². The Hall–Kier alpha value is -2.00. The molecule has 0 amide bonds. The summed E-state index contributed by atoms with van der Waals surface area (Å²) in [6.45, 7) is 9.38. The average molecular weight is 415 g/mol. The van der Waals surface area contributed by atoms with E-state index in [0.717, 1.165) is 37.1 Å². The number of allylic oxidation sites excluding steroid dienone is 1. The first-order chi connectivity index (χ1) is 14.9. The first kappa shape index (κ1) is 19.7. The van der Waals surface area contributed by atoms with E-state index in [0.29, 0.717) is 23.7 Å². The number of aromatic nitrogens is 2. The van der Waals surface area contributed by atoms with Gasteiger partial charge >= 0.3 is 0 Å². The summed E-state index contributed by atoms with van der Waals surface area (Å²) in [5.41, 5.74) is 5.53. The van der Waals surface area contributed by atoms with Crippen LogP contribution in [0.15, 0.2) is 48.7 Å². The Morgan fingerprint density at radius 2 is 1.90 bits per heavy atom. The highest BCUT2D eigenvalue weighted by molar-refractivity contribution is 5.55. The second kappa shape index (κ2) is 6.75. The second-order valence-electron chi connectivity index (χ2n) is 11.3. The molecule has 1 N–H and O–H groups in total. The predicted octanol–water partition coefficient (Wildman–Crippen LogP) is 5.63. The largest absolute Gasteiger partial charge is 0.393 e. The fourth-order valence-corrected chi connectivity index (χ4v) is 8.16. The highest BCUT2D eigenvalue weighted by Gasteiger charge is 2.61. The predicted molar refractivity (Wildman–Crippen MR) is 123 cm³/mol. The molecule has 162 valence electrons. The summed E-state index contributed by atoms with van der Waals surface area (Å²) in [6.07, 6.45) is 9.68. The topological polar surface area (TPSA) is 46.0 Å². The standard InChI is InChI=1S/C28H34N2O/c1-17-9-10-21-25-22(11-12-27(17,21)2)28(3)15-19-16-29-26(18-7-5-4-6-8-18)30-23(19)13-20(28)14-24(25)31/h4-8,16,20-22,24-25,31H,1,9-15H2,2-3H3. The lowest BCUT2D eigenvalue weighted by atomic mass is 9.44. The van der Waals surface area contributed by atoms with E-state index < -0.39 is 0 Å². The Balaban J connectivity index is 1.35. The molecule has 31 heavy (non-hydrogen) atoms. The number of hydrogen-bond donors (Lipinski definition) is 1. The van der Waals surface area contributed by atoms with E-state index in [-0.39, 0.29) is 16.9 Å². The minimum atomic E-state index is -0.185. The Morgan fingerprint density at radius 3 is 2.71 bits per heavy atom. The molecule has 0 spiro atoms. The smallest absolute Gasteiger partial charge is 0.159 e.